The Kier molecular flexibility index (Phi) is 5.46. The highest BCUT2D eigenvalue weighted by Gasteiger charge is 2.26. The number of carbonyl (C=O) groups excluding carboxylic acids is 3. The lowest BCUT2D eigenvalue weighted by atomic mass is 10.1. The Hall–Kier alpha value is -2.95. The Morgan fingerprint density at radius 2 is 1.81 bits per heavy atom. The Bertz CT molecular complexity index is 826. The van der Waals surface area contributed by atoms with E-state index >= 15 is 0 Å². The molecule has 2 aromatic rings. The van der Waals surface area contributed by atoms with Gasteiger partial charge in [-0.1, -0.05) is 43.3 Å². The third-order valence-electron chi connectivity index (χ3n) is 4.51. The second-order valence-corrected chi connectivity index (χ2v) is 6.22. The molecule has 0 radical (unpaired) electrons. The number of para-hydroxylation sites is 1. The molecule has 0 saturated carbocycles. The van der Waals surface area contributed by atoms with Crippen molar-refractivity contribution in [1.82, 2.24) is 0 Å². The molecule has 1 fully saturated rings. The number of ether oxygens (including phenoxy) is 1. The van der Waals surface area contributed by atoms with Crippen molar-refractivity contribution >= 4 is 23.3 Å². The number of hydrogen-bond acceptors (Lipinski definition) is 4. The molecule has 1 amide bonds. The van der Waals surface area contributed by atoms with Crippen molar-refractivity contribution in [2.24, 2.45) is 0 Å². The van der Waals surface area contributed by atoms with Crippen LogP contribution in [0, 0.1) is 0 Å². The minimum absolute atomic E-state index is 0.00246. The van der Waals surface area contributed by atoms with Gasteiger partial charge in [0.15, 0.2) is 12.4 Å². The summed E-state index contributed by atoms with van der Waals surface area (Å²) in [4.78, 5) is 38.3. The van der Waals surface area contributed by atoms with Crippen molar-refractivity contribution < 1.29 is 19.1 Å². The van der Waals surface area contributed by atoms with Crippen molar-refractivity contribution in [2.75, 3.05) is 18.1 Å². The second kappa shape index (κ2) is 7.95. The van der Waals surface area contributed by atoms with Gasteiger partial charge in [-0.25, -0.2) is 4.79 Å². The fourth-order valence-corrected chi connectivity index (χ4v) is 3.00. The lowest BCUT2D eigenvalue weighted by Crippen LogP contribution is -2.26. The molecule has 1 heterocycles. The molecule has 26 heavy (non-hydrogen) atoms. The minimum Gasteiger partial charge on any atom is -0.454 e. The second-order valence-electron chi connectivity index (χ2n) is 6.22. The zero-order chi connectivity index (χ0) is 18.5. The topological polar surface area (TPSA) is 63.7 Å². The standard InChI is InChI=1S/C21H21NO4/c1-2-15-9-11-16(12-10-15)19(23)14-26-21(25)17-6-3-4-7-18(17)22-13-5-8-20(22)24/h3-4,6-7,9-12H,2,5,8,13-14H2,1H3. The van der Waals surface area contributed by atoms with Crippen molar-refractivity contribution in [2.45, 2.75) is 26.2 Å². The predicted molar refractivity (Wildman–Crippen MR) is 98.5 cm³/mol. The SMILES string of the molecule is CCc1ccc(C(=O)COC(=O)c2ccccc2N2CCCC2=O)cc1. The van der Waals surface area contributed by atoms with Gasteiger partial charge in [-0.05, 0) is 30.5 Å². The first-order valence-electron chi connectivity index (χ1n) is 8.79. The Balaban J connectivity index is 1.68. The third kappa shape index (κ3) is 3.82. The van der Waals surface area contributed by atoms with Gasteiger partial charge >= 0.3 is 5.97 Å². The average molecular weight is 351 g/mol. The smallest absolute Gasteiger partial charge is 0.340 e. The van der Waals surface area contributed by atoms with E-state index in [0.717, 1.165) is 18.4 Å². The summed E-state index contributed by atoms with van der Waals surface area (Å²) in [6, 6.07) is 14.1. The highest BCUT2D eigenvalue weighted by Crippen LogP contribution is 2.26. The zero-order valence-corrected chi connectivity index (χ0v) is 14.7. The summed E-state index contributed by atoms with van der Waals surface area (Å²) in [6.45, 7) is 2.31. The minimum atomic E-state index is -0.598. The number of amides is 1. The fourth-order valence-electron chi connectivity index (χ4n) is 3.00. The maximum Gasteiger partial charge on any atom is 0.340 e. The number of carbonyl (C=O) groups is 3. The van der Waals surface area contributed by atoms with Crippen molar-refractivity contribution in [1.29, 1.82) is 0 Å². The summed E-state index contributed by atoms with van der Waals surface area (Å²) < 4.78 is 5.21. The van der Waals surface area contributed by atoms with Gasteiger partial charge in [0, 0.05) is 18.5 Å². The quantitative estimate of drug-likeness (QED) is 0.591. The van der Waals surface area contributed by atoms with Gasteiger partial charge in [0.1, 0.15) is 0 Å². The molecule has 5 heteroatoms. The zero-order valence-electron chi connectivity index (χ0n) is 14.7. The van der Waals surface area contributed by atoms with Crippen molar-refractivity contribution in [3.05, 3.63) is 65.2 Å². The van der Waals surface area contributed by atoms with Gasteiger partial charge in [0.25, 0.3) is 0 Å². The first kappa shape index (κ1) is 17.9. The van der Waals surface area contributed by atoms with Crippen LogP contribution in [0.5, 0.6) is 0 Å². The molecule has 0 atom stereocenters. The molecule has 1 saturated heterocycles. The first-order valence-corrected chi connectivity index (χ1v) is 8.79. The molecule has 0 N–H and O–H groups in total. The normalized spacial score (nSPS) is 13.7. The molecule has 1 aliphatic heterocycles. The van der Waals surface area contributed by atoms with Gasteiger partial charge in [-0.3, -0.25) is 9.59 Å². The van der Waals surface area contributed by atoms with Gasteiger partial charge in [0.05, 0.1) is 11.3 Å². The summed E-state index contributed by atoms with van der Waals surface area (Å²) in [5.41, 5.74) is 2.50. The highest BCUT2D eigenvalue weighted by molar-refractivity contribution is 6.04. The third-order valence-corrected chi connectivity index (χ3v) is 4.51. The summed E-state index contributed by atoms with van der Waals surface area (Å²) in [5, 5.41) is 0. The Morgan fingerprint density at radius 1 is 1.08 bits per heavy atom. The van der Waals surface area contributed by atoms with E-state index in [1.54, 1.807) is 41.3 Å². The lowest BCUT2D eigenvalue weighted by molar-refractivity contribution is -0.117. The summed E-state index contributed by atoms with van der Waals surface area (Å²) >= 11 is 0. The van der Waals surface area contributed by atoms with Gasteiger partial charge in [-0.15, -0.1) is 0 Å². The van der Waals surface area contributed by atoms with Gasteiger partial charge in [-0.2, -0.15) is 0 Å². The molecule has 0 bridgehead atoms. The fraction of sp³-hybridized carbons (Fsp3) is 0.286. The van der Waals surface area contributed by atoms with E-state index < -0.39 is 5.97 Å². The number of aryl methyl sites for hydroxylation is 1. The molecule has 0 unspecified atom stereocenters. The number of esters is 1. The summed E-state index contributed by atoms with van der Waals surface area (Å²) in [7, 11) is 0. The number of hydrogen-bond donors (Lipinski definition) is 0. The van der Waals surface area contributed by atoms with E-state index in [2.05, 4.69) is 0 Å². The van der Waals surface area contributed by atoms with E-state index in [1.807, 2.05) is 19.1 Å². The monoisotopic (exact) mass is 351 g/mol. The number of nitrogens with zero attached hydrogens (tertiary/aromatic N) is 1. The van der Waals surface area contributed by atoms with E-state index in [-0.39, 0.29) is 18.3 Å². The molecule has 1 aliphatic rings. The largest absolute Gasteiger partial charge is 0.454 e. The number of ketones is 1. The molecule has 2 aromatic carbocycles. The highest BCUT2D eigenvalue weighted by atomic mass is 16.5. The van der Waals surface area contributed by atoms with Crippen LogP contribution in [-0.4, -0.2) is 30.8 Å². The molecule has 3 rings (SSSR count). The average Bonchev–Trinajstić information content (AvgIpc) is 3.11. The summed E-state index contributed by atoms with van der Waals surface area (Å²) in [5.74, 6) is -0.855. The molecule has 0 spiro atoms. The maximum atomic E-state index is 12.5. The molecular weight excluding hydrogens is 330 g/mol. The number of anilines is 1. The van der Waals surface area contributed by atoms with Crippen LogP contribution >= 0.6 is 0 Å². The number of benzene rings is 2. The predicted octanol–water partition coefficient (Wildman–Crippen LogP) is 3.42. The van der Waals surface area contributed by atoms with Crippen LogP contribution in [0.1, 0.15) is 46.0 Å². The Labute approximate surface area is 152 Å². The van der Waals surface area contributed by atoms with Crippen LogP contribution in [0.15, 0.2) is 48.5 Å². The first-order chi connectivity index (χ1) is 12.6. The van der Waals surface area contributed by atoms with Crippen LogP contribution in [0.4, 0.5) is 5.69 Å². The molecule has 5 nitrogen and oxygen atoms in total. The Morgan fingerprint density at radius 3 is 2.46 bits per heavy atom. The van der Waals surface area contributed by atoms with E-state index in [1.165, 1.54) is 0 Å². The van der Waals surface area contributed by atoms with E-state index in [9.17, 15) is 14.4 Å². The molecule has 134 valence electrons. The van der Waals surface area contributed by atoms with Crippen molar-refractivity contribution in [3.63, 3.8) is 0 Å². The van der Waals surface area contributed by atoms with Crippen LogP contribution in [-0.2, 0) is 16.0 Å². The maximum absolute atomic E-state index is 12.5. The number of rotatable bonds is 6. The molecule has 0 aliphatic carbocycles. The van der Waals surface area contributed by atoms with E-state index in [4.69, 9.17) is 4.74 Å². The van der Waals surface area contributed by atoms with Crippen LogP contribution < -0.4 is 4.90 Å². The van der Waals surface area contributed by atoms with Gasteiger partial charge in [0.2, 0.25) is 5.91 Å². The summed E-state index contributed by atoms with van der Waals surface area (Å²) in [6.07, 6.45) is 2.15. The van der Waals surface area contributed by atoms with Crippen LogP contribution in [0.25, 0.3) is 0 Å². The van der Waals surface area contributed by atoms with Crippen molar-refractivity contribution in [3.8, 4) is 0 Å². The molecule has 0 aromatic heterocycles. The van der Waals surface area contributed by atoms with Crippen LogP contribution in [0.2, 0.25) is 0 Å². The van der Waals surface area contributed by atoms with Gasteiger partial charge < -0.3 is 9.64 Å². The van der Waals surface area contributed by atoms with Crippen LogP contribution in [0.3, 0.4) is 0 Å². The number of Topliss-reactive ketones (excluding diaryl/α,β-unsaturated/α-hetero) is 1. The molecular formula is C21H21NO4. The lowest BCUT2D eigenvalue weighted by Gasteiger charge is -2.18. The van der Waals surface area contributed by atoms with E-state index in [0.29, 0.717) is 29.8 Å².